The lowest BCUT2D eigenvalue weighted by atomic mass is 9.92. The summed E-state index contributed by atoms with van der Waals surface area (Å²) in [6.07, 6.45) is 0.982. The molecule has 3 aromatic rings. The highest BCUT2D eigenvalue weighted by Crippen LogP contribution is 2.35. The van der Waals surface area contributed by atoms with E-state index in [1.165, 1.54) is 0 Å². The standard InChI is InChI=1S/C25H24N2O4/c1-16(24-20-9-5-4-7-17(20)12-14-22(24)31-3)25(30)27-21-15-19(26-2)13-11-18(21)8-6-10-23(28)29/h4-5,7,9,11-16H,6,8,10H2,1,3H3,(H,27,30)(H,28,29). The van der Waals surface area contributed by atoms with E-state index in [0.717, 1.165) is 21.9 Å². The highest BCUT2D eigenvalue weighted by molar-refractivity contribution is 6.01. The summed E-state index contributed by atoms with van der Waals surface area (Å²) >= 11 is 0. The molecule has 0 heterocycles. The van der Waals surface area contributed by atoms with Crippen molar-refractivity contribution in [3.05, 3.63) is 77.1 Å². The van der Waals surface area contributed by atoms with E-state index in [1.807, 2.05) is 43.3 Å². The van der Waals surface area contributed by atoms with Gasteiger partial charge in [-0.15, -0.1) is 0 Å². The number of nitrogens with one attached hydrogen (secondary N) is 1. The molecule has 0 saturated heterocycles. The SMILES string of the molecule is [C-]#[N+]c1ccc(CCCC(=O)O)c(NC(=O)C(C)c2c(OC)ccc3ccccc23)c1. The molecule has 3 rings (SSSR count). The summed E-state index contributed by atoms with van der Waals surface area (Å²) in [6, 6.07) is 16.7. The summed E-state index contributed by atoms with van der Waals surface area (Å²) in [5.41, 5.74) is 2.55. The van der Waals surface area contributed by atoms with Gasteiger partial charge < -0.3 is 15.2 Å². The van der Waals surface area contributed by atoms with E-state index in [4.69, 9.17) is 16.4 Å². The summed E-state index contributed by atoms with van der Waals surface area (Å²) in [7, 11) is 1.58. The van der Waals surface area contributed by atoms with Crippen molar-refractivity contribution in [3.63, 3.8) is 0 Å². The molecule has 2 N–H and O–H groups in total. The van der Waals surface area contributed by atoms with Crippen molar-refractivity contribution in [2.45, 2.75) is 32.1 Å². The Balaban J connectivity index is 1.92. The Morgan fingerprint density at radius 3 is 2.65 bits per heavy atom. The van der Waals surface area contributed by atoms with E-state index in [1.54, 1.807) is 25.3 Å². The number of carboxylic acid groups (broad SMARTS) is 1. The van der Waals surface area contributed by atoms with Crippen LogP contribution in [0.2, 0.25) is 0 Å². The Hall–Kier alpha value is -3.85. The Kier molecular flexibility index (Phi) is 6.88. The molecular formula is C25H24N2O4. The van der Waals surface area contributed by atoms with Crippen LogP contribution in [0.1, 0.15) is 36.8 Å². The van der Waals surface area contributed by atoms with Gasteiger partial charge in [-0.25, -0.2) is 4.85 Å². The summed E-state index contributed by atoms with van der Waals surface area (Å²) in [5, 5.41) is 13.8. The predicted molar refractivity (Wildman–Crippen MR) is 121 cm³/mol. The molecule has 6 nitrogen and oxygen atoms in total. The van der Waals surface area contributed by atoms with Crippen LogP contribution in [0.15, 0.2) is 54.6 Å². The highest BCUT2D eigenvalue weighted by Gasteiger charge is 2.22. The molecule has 0 radical (unpaired) electrons. The zero-order valence-electron chi connectivity index (χ0n) is 17.5. The minimum absolute atomic E-state index is 0.0432. The number of benzene rings is 3. The molecule has 0 aliphatic rings. The molecule has 0 bridgehead atoms. The second-order valence-electron chi connectivity index (χ2n) is 7.31. The second-order valence-corrected chi connectivity index (χ2v) is 7.31. The molecule has 1 unspecified atom stereocenters. The van der Waals surface area contributed by atoms with E-state index in [9.17, 15) is 9.59 Å². The molecule has 3 aromatic carbocycles. The molecule has 0 saturated carbocycles. The third-order valence-electron chi connectivity index (χ3n) is 5.29. The molecule has 0 fully saturated rings. The maximum atomic E-state index is 13.2. The molecule has 0 aliphatic carbocycles. The Morgan fingerprint density at radius 1 is 1.16 bits per heavy atom. The van der Waals surface area contributed by atoms with Gasteiger partial charge in [-0.05, 0) is 48.2 Å². The topological polar surface area (TPSA) is 80.0 Å². The number of rotatable bonds is 8. The van der Waals surface area contributed by atoms with Gasteiger partial charge in [0.05, 0.1) is 19.6 Å². The van der Waals surface area contributed by atoms with E-state index in [2.05, 4.69) is 10.2 Å². The van der Waals surface area contributed by atoms with Crippen molar-refractivity contribution < 1.29 is 19.4 Å². The van der Waals surface area contributed by atoms with Crippen LogP contribution in [0, 0.1) is 6.57 Å². The zero-order valence-corrected chi connectivity index (χ0v) is 17.5. The molecular weight excluding hydrogens is 392 g/mol. The Bertz CT molecular complexity index is 1160. The fourth-order valence-electron chi connectivity index (χ4n) is 3.67. The predicted octanol–water partition coefficient (Wildman–Crippen LogP) is 5.55. The third kappa shape index (κ3) is 5.01. The van der Waals surface area contributed by atoms with Crippen molar-refractivity contribution in [2.75, 3.05) is 12.4 Å². The zero-order chi connectivity index (χ0) is 22.4. The first-order chi connectivity index (χ1) is 14.9. The summed E-state index contributed by atoms with van der Waals surface area (Å²) < 4.78 is 5.54. The summed E-state index contributed by atoms with van der Waals surface area (Å²) in [6.45, 7) is 9.09. The molecule has 0 aliphatic heterocycles. The van der Waals surface area contributed by atoms with Crippen molar-refractivity contribution in [1.29, 1.82) is 0 Å². The molecule has 1 atom stereocenters. The lowest BCUT2D eigenvalue weighted by Gasteiger charge is -2.19. The second kappa shape index (κ2) is 9.77. The van der Waals surface area contributed by atoms with Gasteiger partial charge in [0.1, 0.15) is 5.75 Å². The monoisotopic (exact) mass is 416 g/mol. The van der Waals surface area contributed by atoms with Gasteiger partial charge in [0.15, 0.2) is 5.69 Å². The van der Waals surface area contributed by atoms with Crippen LogP contribution in [-0.4, -0.2) is 24.1 Å². The first-order valence-corrected chi connectivity index (χ1v) is 10.0. The average Bonchev–Trinajstić information content (AvgIpc) is 2.78. The van der Waals surface area contributed by atoms with Gasteiger partial charge in [0, 0.05) is 17.7 Å². The summed E-state index contributed by atoms with van der Waals surface area (Å²) in [4.78, 5) is 27.5. The molecule has 6 heteroatoms. The number of fused-ring (bicyclic) bond motifs is 1. The fourth-order valence-corrected chi connectivity index (χ4v) is 3.67. The van der Waals surface area contributed by atoms with Gasteiger partial charge in [-0.2, -0.15) is 0 Å². The number of aliphatic carboxylic acids is 1. The minimum Gasteiger partial charge on any atom is -0.496 e. The first-order valence-electron chi connectivity index (χ1n) is 10.0. The number of nitrogens with zero attached hydrogens (tertiary/aromatic N) is 1. The van der Waals surface area contributed by atoms with Gasteiger partial charge in [-0.3, -0.25) is 9.59 Å². The number of carbonyl (C=O) groups is 2. The van der Waals surface area contributed by atoms with Crippen molar-refractivity contribution in [1.82, 2.24) is 0 Å². The van der Waals surface area contributed by atoms with Crippen LogP contribution in [0.3, 0.4) is 0 Å². The van der Waals surface area contributed by atoms with E-state index < -0.39 is 11.9 Å². The fraction of sp³-hybridized carbons (Fsp3) is 0.240. The van der Waals surface area contributed by atoms with E-state index in [0.29, 0.717) is 30.0 Å². The number of methoxy groups -OCH3 is 1. The van der Waals surface area contributed by atoms with Gasteiger partial charge in [-0.1, -0.05) is 42.5 Å². The van der Waals surface area contributed by atoms with Crippen LogP contribution in [0.4, 0.5) is 11.4 Å². The van der Waals surface area contributed by atoms with E-state index in [-0.39, 0.29) is 12.3 Å². The van der Waals surface area contributed by atoms with Crippen LogP contribution in [0.25, 0.3) is 15.6 Å². The Morgan fingerprint density at radius 2 is 1.94 bits per heavy atom. The number of ether oxygens (including phenoxy) is 1. The number of carbonyl (C=O) groups excluding carboxylic acids is 1. The largest absolute Gasteiger partial charge is 0.496 e. The number of aryl methyl sites for hydroxylation is 1. The lowest BCUT2D eigenvalue weighted by Crippen LogP contribution is -2.20. The smallest absolute Gasteiger partial charge is 0.303 e. The number of anilines is 1. The summed E-state index contributed by atoms with van der Waals surface area (Å²) in [5.74, 6) is -0.959. The van der Waals surface area contributed by atoms with Crippen LogP contribution < -0.4 is 10.1 Å². The average molecular weight is 416 g/mol. The number of carboxylic acids is 1. The molecule has 158 valence electrons. The third-order valence-corrected chi connectivity index (χ3v) is 5.29. The maximum Gasteiger partial charge on any atom is 0.303 e. The molecule has 0 spiro atoms. The van der Waals surface area contributed by atoms with Crippen molar-refractivity contribution in [2.24, 2.45) is 0 Å². The number of hydrogen-bond acceptors (Lipinski definition) is 3. The number of amides is 1. The van der Waals surface area contributed by atoms with E-state index >= 15 is 0 Å². The van der Waals surface area contributed by atoms with Gasteiger partial charge >= 0.3 is 5.97 Å². The van der Waals surface area contributed by atoms with Crippen LogP contribution in [0.5, 0.6) is 5.75 Å². The molecule has 1 amide bonds. The number of hydrogen-bond donors (Lipinski definition) is 2. The Labute approximate surface area is 181 Å². The normalized spacial score (nSPS) is 11.5. The van der Waals surface area contributed by atoms with Gasteiger partial charge in [0.2, 0.25) is 5.91 Å². The van der Waals surface area contributed by atoms with Crippen molar-refractivity contribution >= 4 is 34.0 Å². The molecule has 31 heavy (non-hydrogen) atoms. The lowest BCUT2D eigenvalue weighted by molar-refractivity contribution is -0.137. The van der Waals surface area contributed by atoms with Crippen molar-refractivity contribution in [3.8, 4) is 5.75 Å². The van der Waals surface area contributed by atoms with Crippen LogP contribution in [-0.2, 0) is 16.0 Å². The van der Waals surface area contributed by atoms with Crippen LogP contribution >= 0.6 is 0 Å². The maximum absolute atomic E-state index is 13.2. The quantitative estimate of drug-likeness (QED) is 0.472. The van der Waals surface area contributed by atoms with Gasteiger partial charge in [0.25, 0.3) is 0 Å². The minimum atomic E-state index is -0.861. The highest BCUT2D eigenvalue weighted by atomic mass is 16.5. The molecule has 0 aromatic heterocycles. The first kappa shape index (κ1) is 21.8.